The predicted molar refractivity (Wildman–Crippen MR) is 189 cm³/mol. The van der Waals surface area contributed by atoms with Crippen molar-refractivity contribution < 1.29 is 26.3 Å². The van der Waals surface area contributed by atoms with E-state index in [1.165, 1.54) is 24.3 Å². The quantitative estimate of drug-likeness (QED) is 0.130. The molecule has 0 amide bonds. The van der Waals surface area contributed by atoms with Crippen molar-refractivity contribution in [3.63, 3.8) is 0 Å². The molecule has 2 nitrogen and oxygen atoms in total. The van der Waals surface area contributed by atoms with Crippen molar-refractivity contribution in [2.75, 3.05) is 0 Å². The maximum absolute atomic E-state index is 13.1. The van der Waals surface area contributed by atoms with Gasteiger partial charge < -0.3 is 0 Å². The molecule has 0 spiro atoms. The minimum absolute atomic E-state index is 0.581. The third-order valence-electron chi connectivity index (χ3n) is 8.34. The fourth-order valence-electron chi connectivity index (χ4n) is 5.83. The van der Waals surface area contributed by atoms with Gasteiger partial charge in [0.25, 0.3) is 0 Å². The summed E-state index contributed by atoms with van der Waals surface area (Å²) in [5.74, 6) is 0. The minimum atomic E-state index is -4.43. The monoisotopic (exact) mass is 672 g/mol. The van der Waals surface area contributed by atoms with Gasteiger partial charge in [-0.3, -0.25) is 0 Å². The topological polar surface area (TPSA) is 25.8 Å². The van der Waals surface area contributed by atoms with Gasteiger partial charge in [-0.05, 0) is 81.9 Å². The summed E-state index contributed by atoms with van der Waals surface area (Å²) in [5.41, 5.74) is 5.83. The molecule has 0 bridgehead atoms. The van der Waals surface area contributed by atoms with Crippen LogP contribution in [0.15, 0.2) is 133 Å². The Kier molecular flexibility index (Phi) is 8.53. The molecule has 2 aromatic heterocycles. The second kappa shape index (κ2) is 13.1. The molecule has 0 fully saturated rings. The number of hydrogen-bond donors (Lipinski definition) is 0. The summed E-state index contributed by atoms with van der Waals surface area (Å²) in [4.78, 5) is 10.1. The Hall–Kier alpha value is -6.02. The highest BCUT2D eigenvalue weighted by atomic mass is 19.4. The summed E-state index contributed by atoms with van der Waals surface area (Å²) in [6.45, 7) is 0. The average molecular weight is 673 g/mol. The van der Waals surface area contributed by atoms with E-state index in [1.54, 1.807) is 24.3 Å². The summed E-state index contributed by atoms with van der Waals surface area (Å²) in [6, 6.07) is 37.4. The van der Waals surface area contributed by atoms with Gasteiger partial charge in [-0.25, -0.2) is 9.97 Å². The van der Waals surface area contributed by atoms with E-state index in [0.717, 1.165) is 57.3 Å². The molecule has 50 heavy (non-hydrogen) atoms. The SMILES string of the molecule is FC(F)(F)c1ccc(/C=C/c2cc(-c3ccccc3)c3ccc4c(-c5ccccc5)cc(/C=C/c5ccc(C(F)(F)F)cc5)nc4c3n2)cc1. The van der Waals surface area contributed by atoms with E-state index in [9.17, 15) is 26.3 Å². The van der Waals surface area contributed by atoms with Crippen LogP contribution < -0.4 is 0 Å². The molecule has 0 atom stereocenters. The van der Waals surface area contributed by atoms with E-state index in [-0.39, 0.29) is 0 Å². The second-order valence-corrected chi connectivity index (χ2v) is 11.7. The number of benzene rings is 5. The smallest absolute Gasteiger partial charge is 0.246 e. The van der Waals surface area contributed by atoms with E-state index in [2.05, 4.69) is 0 Å². The fraction of sp³-hybridized carbons (Fsp3) is 0.0476. The highest BCUT2D eigenvalue weighted by Crippen LogP contribution is 2.37. The van der Waals surface area contributed by atoms with Crippen molar-refractivity contribution in [2.24, 2.45) is 0 Å². The number of rotatable bonds is 6. The molecule has 0 N–H and O–H groups in total. The molecule has 0 saturated carbocycles. The lowest BCUT2D eigenvalue weighted by atomic mass is 9.95. The summed E-state index contributed by atoms with van der Waals surface area (Å²) < 4.78 is 78.8. The van der Waals surface area contributed by atoms with Crippen molar-refractivity contribution in [1.82, 2.24) is 9.97 Å². The molecular weight excluding hydrogens is 646 g/mol. The van der Waals surface area contributed by atoms with Crippen LogP contribution in [0.4, 0.5) is 26.3 Å². The van der Waals surface area contributed by atoms with E-state index >= 15 is 0 Å². The number of halogens is 6. The van der Waals surface area contributed by atoms with Crippen molar-refractivity contribution in [2.45, 2.75) is 12.4 Å². The van der Waals surface area contributed by atoms with Crippen LogP contribution in [0.2, 0.25) is 0 Å². The third-order valence-corrected chi connectivity index (χ3v) is 8.34. The summed E-state index contributed by atoms with van der Waals surface area (Å²) in [5, 5.41) is 1.71. The minimum Gasteiger partial charge on any atom is -0.246 e. The van der Waals surface area contributed by atoms with Crippen LogP contribution in [0.25, 0.3) is 68.4 Å². The summed E-state index contributed by atoms with van der Waals surface area (Å²) in [6.07, 6.45) is -1.89. The van der Waals surface area contributed by atoms with E-state index < -0.39 is 23.5 Å². The van der Waals surface area contributed by atoms with Gasteiger partial charge in [0.2, 0.25) is 0 Å². The molecule has 246 valence electrons. The molecule has 7 rings (SSSR count). The lowest BCUT2D eigenvalue weighted by Gasteiger charge is -2.14. The highest BCUT2D eigenvalue weighted by molar-refractivity contribution is 6.12. The Morgan fingerprint density at radius 1 is 0.400 bits per heavy atom. The molecule has 0 aliphatic carbocycles. The number of hydrogen-bond acceptors (Lipinski definition) is 2. The first kappa shape index (κ1) is 32.5. The third kappa shape index (κ3) is 6.91. The lowest BCUT2D eigenvalue weighted by molar-refractivity contribution is -0.138. The Labute approximate surface area is 283 Å². The van der Waals surface area contributed by atoms with Crippen LogP contribution in [0, 0.1) is 0 Å². The zero-order chi connectivity index (χ0) is 34.9. The molecule has 5 aromatic carbocycles. The van der Waals surface area contributed by atoms with Crippen LogP contribution in [-0.2, 0) is 12.4 Å². The van der Waals surface area contributed by atoms with Crippen LogP contribution in [0.3, 0.4) is 0 Å². The number of pyridine rings is 2. The Balaban J connectivity index is 1.41. The maximum atomic E-state index is 13.1. The van der Waals surface area contributed by atoms with Crippen molar-refractivity contribution in [3.8, 4) is 22.3 Å². The fourth-order valence-corrected chi connectivity index (χ4v) is 5.83. The van der Waals surface area contributed by atoms with Gasteiger partial charge in [0.05, 0.1) is 33.5 Å². The normalized spacial score (nSPS) is 12.4. The van der Waals surface area contributed by atoms with Gasteiger partial charge >= 0.3 is 12.4 Å². The molecule has 8 heteroatoms. The van der Waals surface area contributed by atoms with Gasteiger partial charge in [0.15, 0.2) is 0 Å². The number of alkyl halides is 6. The zero-order valence-electron chi connectivity index (χ0n) is 26.2. The summed E-state index contributed by atoms with van der Waals surface area (Å²) in [7, 11) is 0. The largest absolute Gasteiger partial charge is 0.416 e. The lowest BCUT2D eigenvalue weighted by Crippen LogP contribution is -2.03. The molecule has 7 aromatic rings. The van der Waals surface area contributed by atoms with Crippen molar-refractivity contribution >= 4 is 46.1 Å². The molecule has 0 aliphatic heterocycles. The zero-order valence-corrected chi connectivity index (χ0v) is 26.2. The highest BCUT2D eigenvalue weighted by Gasteiger charge is 2.30. The summed E-state index contributed by atoms with van der Waals surface area (Å²) >= 11 is 0. The maximum Gasteiger partial charge on any atom is 0.416 e. The number of aromatic nitrogens is 2. The van der Waals surface area contributed by atoms with Gasteiger partial charge in [-0.1, -0.05) is 109 Å². The van der Waals surface area contributed by atoms with Crippen LogP contribution in [0.5, 0.6) is 0 Å². The molecular formula is C42H26F6N2. The molecule has 0 unspecified atom stereocenters. The molecule has 0 aliphatic rings. The average Bonchev–Trinajstić information content (AvgIpc) is 3.12. The molecule has 0 radical (unpaired) electrons. The van der Waals surface area contributed by atoms with Gasteiger partial charge in [-0.15, -0.1) is 0 Å². The van der Waals surface area contributed by atoms with Gasteiger partial charge in [-0.2, -0.15) is 26.3 Å². The van der Waals surface area contributed by atoms with Gasteiger partial charge in [0, 0.05) is 10.8 Å². The van der Waals surface area contributed by atoms with E-state index in [1.807, 2.05) is 84.9 Å². The molecule has 2 heterocycles. The van der Waals surface area contributed by atoms with Crippen LogP contribution in [0.1, 0.15) is 33.6 Å². The van der Waals surface area contributed by atoms with E-state index in [4.69, 9.17) is 9.97 Å². The van der Waals surface area contributed by atoms with E-state index in [0.29, 0.717) is 33.5 Å². The number of fused-ring (bicyclic) bond motifs is 3. The Morgan fingerprint density at radius 3 is 1.10 bits per heavy atom. The Bertz CT molecular complexity index is 2190. The van der Waals surface area contributed by atoms with Crippen molar-refractivity contribution in [1.29, 1.82) is 0 Å². The van der Waals surface area contributed by atoms with Crippen LogP contribution in [-0.4, -0.2) is 9.97 Å². The molecule has 0 saturated heterocycles. The first-order valence-corrected chi connectivity index (χ1v) is 15.6. The first-order valence-electron chi connectivity index (χ1n) is 15.6. The van der Waals surface area contributed by atoms with Gasteiger partial charge in [0.1, 0.15) is 0 Å². The van der Waals surface area contributed by atoms with Crippen molar-refractivity contribution in [3.05, 3.63) is 167 Å². The predicted octanol–water partition coefficient (Wildman–Crippen LogP) is 12.5. The first-order chi connectivity index (χ1) is 24.0. The standard InChI is InChI=1S/C42H26F6N2/c43-41(44,45)31-17-11-27(12-18-31)15-21-33-25-37(29-7-3-1-4-8-29)35-23-24-36-38(30-9-5-2-6-10-30)26-34(50-40(36)39(35)49-33)22-16-28-13-19-32(20-14-28)42(46,47)48/h1-26H/b21-15+,22-16+. The second-order valence-electron chi connectivity index (χ2n) is 11.7. The van der Waals surface area contributed by atoms with Crippen LogP contribution >= 0.6 is 0 Å². The Morgan fingerprint density at radius 2 is 0.760 bits per heavy atom. The number of nitrogens with zero attached hydrogens (tertiary/aromatic N) is 2.